The Hall–Kier alpha value is -2.48. The molecule has 2 aliphatic rings. The van der Waals surface area contributed by atoms with Gasteiger partial charge in [0, 0.05) is 40.9 Å². The molecule has 1 saturated carbocycles. The number of carbonyl (C=O) groups is 1. The average molecular weight is 456 g/mol. The molecule has 8 heteroatoms. The van der Waals surface area contributed by atoms with Crippen LogP contribution in [0.15, 0.2) is 33.3 Å². The first-order valence-corrected chi connectivity index (χ1v) is 10.7. The molecule has 29 heavy (non-hydrogen) atoms. The monoisotopic (exact) mass is 455 g/mol. The number of aromatic nitrogens is 3. The van der Waals surface area contributed by atoms with E-state index in [4.69, 9.17) is 4.42 Å². The van der Waals surface area contributed by atoms with Crippen LogP contribution in [0.2, 0.25) is 0 Å². The number of nitrogens with zero attached hydrogens (tertiary/aromatic N) is 4. The third kappa shape index (κ3) is 3.61. The molecule has 0 spiro atoms. The Morgan fingerprint density at radius 2 is 2.17 bits per heavy atom. The fraction of sp³-hybridized carbons (Fsp3) is 0.429. The summed E-state index contributed by atoms with van der Waals surface area (Å²) in [6, 6.07) is 5.91. The number of anilines is 1. The lowest BCUT2D eigenvalue weighted by Crippen LogP contribution is -2.30. The second kappa shape index (κ2) is 6.79. The highest BCUT2D eigenvalue weighted by molar-refractivity contribution is 9.10. The minimum absolute atomic E-state index is 0.0404. The molecule has 1 saturated heterocycles. The van der Waals surface area contributed by atoms with E-state index < -0.39 is 0 Å². The van der Waals surface area contributed by atoms with E-state index in [-0.39, 0.29) is 23.2 Å². The number of pyridine rings is 1. The molecule has 150 valence electrons. The molecule has 0 radical (unpaired) electrons. The molecule has 1 atom stereocenters. The molecular weight excluding hydrogens is 434 g/mol. The van der Waals surface area contributed by atoms with Crippen molar-refractivity contribution in [2.75, 3.05) is 18.4 Å². The van der Waals surface area contributed by atoms with Crippen LogP contribution in [0.25, 0.3) is 11.1 Å². The van der Waals surface area contributed by atoms with Gasteiger partial charge in [0.1, 0.15) is 11.6 Å². The Morgan fingerprint density at radius 3 is 2.90 bits per heavy atom. The van der Waals surface area contributed by atoms with E-state index in [1.807, 2.05) is 30.0 Å². The van der Waals surface area contributed by atoms with Gasteiger partial charge in [-0.25, -0.2) is 4.98 Å². The summed E-state index contributed by atoms with van der Waals surface area (Å²) in [4.78, 5) is 28.5. The summed E-state index contributed by atoms with van der Waals surface area (Å²) in [5, 5.41) is 4.30. The van der Waals surface area contributed by atoms with Crippen LogP contribution in [-0.4, -0.2) is 44.4 Å². The number of likely N-dealkylation sites (tertiary alicyclic amines) is 1. The molecule has 4 heterocycles. The molecule has 1 aliphatic carbocycles. The molecule has 7 nitrogen and oxygen atoms in total. The molecule has 5 rings (SSSR count). The van der Waals surface area contributed by atoms with Gasteiger partial charge in [-0.05, 0) is 67.2 Å². The largest absolute Gasteiger partial charge is 0.443 e. The van der Waals surface area contributed by atoms with E-state index >= 15 is 0 Å². The van der Waals surface area contributed by atoms with Crippen LogP contribution in [0.3, 0.4) is 0 Å². The summed E-state index contributed by atoms with van der Waals surface area (Å²) in [6.45, 7) is 5.32. The predicted octanol–water partition coefficient (Wildman–Crippen LogP) is 4.28. The molecule has 3 aromatic heterocycles. The highest BCUT2D eigenvalue weighted by Gasteiger charge is 2.38. The Morgan fingerprint density at radius 1 is 1.34 bits per heavy atom. The first-order valence-electron chi connectivity index (χ1n) is 9.87. The van der Waals surface area contributed by atoms with E-state index in [0.29, 0.717) is 24.6 Å². The number of carbonyl (C=O) groups excluding carboxylic acids is 1. The Balaban J connectivity index is 1.41. The fourth-order valence-electron chi connectivity index (χ4n) is 3.79. The van der Waals surface area contributed by atoms with Crippen molar-refractivity contribution in [2.24, 2.45) is 0 Å². The number of rotatable bonds is 4. The number of nitrogens with one attached hydrogen (secondary N) is 1. The van der Waals surface area contributed by atoms with Crippen molar-refractivity contribution in [1.29, 1.82) is 0 Å². The van der Waals surface area contributed by atoms with E-state index in [2.05, 4.69) is 43.1 Å². The van der Waals surface area contributed by atoms with Crippen molar-refractivity contribution >= 4 is 38.8 Å². The molecule has 0 aromatic carbocycles. The van der Waals surface area contributed by atoms with Gasteiger partial charge in [-0.2, -0.15) is 4.98 Å². The molecule has 0 bridgehead atoms. The van der Waals surface area contributed by atoms with Crippen LogP contribution in [0.1, 0.15) is 54.2 Å². The number of halogens is 1. The summed E-state index contributed by atoms with van der Waals surface area (Å²) in [7, 11) is 0. The van der Waals surface area contributed by atoms with Crippen LogP contribution in [-0.2, 0) is 0 Å². The lowest BCUT2D eigenvalue weighted by molar-refractivity contribution is 0.0778. The van der Waals surface area contributed by atoms with E-state index in [1.54, 1.807) is 6.20 Å². The topological polar surface area (TPSA) is 84.2 Å². The maximum atomic E-state index is 13.2. The standard InChI is InChI=1S/C21H22BrN5O2/c1-12-9-15-17(26-21(2)6-7-21)24-18(25-19(15)29-12)20(28)27-8-5-13(11-27)16-4-3-14(22)10-23-16/h3-4,9-10,13H,5-8,11H2,1-2H3,(H,24,25,26). The molecule has 1 unspecified atom stereocenters. The van der Waals surface area contributed by atoms with Crippen LogP contribution < -0.4 is 5.32 Å². The summed E-state index contributed by atoms with van der Waals surface area (Å²) < 4.78 is 6.67. The van der Waals surface area contributed by atoms with E-state index in [0.717, 1.165) is 40.6 Å². The minimum Gasteiger partial charge on any atom is -0.443 e. The van der Waals surface area contributed by atoms with Crippen molar-refractivity contribution < 1.29 is 9.21 Å². The normalized spacial score (nSPS) is 20.2. The third-order valence-electron chi connectivity index (χ3n) is 5.77. The molecule has 3 aromatic rings. The van der Waals surface area contributed by atoms with Gasteiger partial charge in [-0.1, -0.05) is 0 Å². The molecular formula is C21H22BrN5O2. The van der Waals surface area contributed by atoms with Crippen LogP contribution >= 0.6 is 15.9 Å². The summed E-state index contributed by atoms with van der Waals surface area (Å²) >= 11 is 3.41. The number of hydrogen-bond acceptors (Lipinski definition) is 6. The van der Waals surface area contributed by atoms with Gasteiger partial charge in [0.15, 0.2) is 0 Å². The van der Waals surface area contributed by atoms with Crippen LogP contribution in [0.5, 0.6) is 0 Å². The lowest BCUT2D eigenvalue weighted by atomic mass is 10.0. The second-order valence-electron chi connectivity index (χ2n) is 8.30. The zero-order valence-electron chi connectivity index (χ0n) is 16.4. The number of furan rings is 1. The fourth-order valence-corrected chi connectivity index (χ4v) is 4.02. The maximum absolute atomic E-state index is 13.2. The molecule has 1 amide bonds. The zero-order chi connectivity index (χ0) is 20.2. The SMILES string of the molecule is Cc1cc2c(NC3(C)CC3)nc(C(=O)N3CCC(c4ccc(Br)cn4)C3)nc2o1. The highest BCUT2D eigenvalue weighted by atomic mass is 79.9. The Kier molecular flexibility index (Phi) is 4.34. The predicted molar refractivity (Wildman–Crippen MR) is 113 cm³/mol. The van der Waals surface area contributed by atoms with Gasteiger partial charge >= 0.3 is 0 Å². The second-order valence-corrected chi connectivity index (χ2v) is 9.21. The van der Waals surface area contributed by atoms with Crippen molar-refractivity contribution in [3.63, 3.8) is 0 Å². The summed E-state index contributed by atoms with van der Waals surface area (Å²) in [6.07, 6.45) is 4.86. The van der Waals surface area contributed by atoms with Gasteiger partial charge in [-0.15, -0.1) is 0 Å². The average Bonchev–Trinajstić information content (AvgIpc) is 3.08. The van der Waals surface area contributed by atoms with E-state index in [9.17, 15) is 4.79 Å². The third-order valence-corrected chi connectivity index (χ3v) is 6.24. The summed E-state index contributed by atoms with van der Waals surface area (Å²) in [5.74, 6) is 1.68. The summed E-state index contributed by atoms with van der Waals surface area (Å²) in [5.41, 5.74) is 1.50. The van der Waals surface area contributed by atoms with Gasteiger partial charge in [-0.3, -0.25) is 9.78 Å². The van der Waals surface area contributed by atoms with Gasteiger partial charge < -0.3 is 14.6 Å². The Bertz CT molecular complexity index is 1090. The maximum Gasteiger partial charge on any atom is 0.291 e. The van der Waals surface area contributed by atoms with Gasteiger partial charge in [0.2, 0.25) is 11.5 Å². The molecule has 1 N–H and O–H groups in total. The zero-order valence-corrected chi connectivity index (χ0v) is 18.0. The van der Waals surface area contributed by atoms with Gasteiger partial charge in [0.05, 0.1) is 5.39 Å². The lowest BCUT2D eigenvalue weighted by Gasteiger charge is -2.17. The van der Waals surface area contributed by atoms with Crippen molar-refractivity contribution in [1.82, 2.24) is 19.9 Å². The molecule has 1 aliphatic heterocycles. The first kappa shape index (κ1) is 18.5. The van der Waals surface area contributed by atoms with Gasteiger partial charge in [0.25, 0.3) is 5.91 Å². The van der Waals surface area contributed by atoms with Crippen molar-refractivity contribution in [2.45, 2.75) is 44.6 Å². The smallest absolute Gasteiger partial charge is 0.291 e. The minimum atomic E-state index is -0.162. The van der Waals surface area contributed by atoms with E-state index in [1.165, 1.54) is 0 Å². The van der Waals surface area contributed by atoms with Crippen LogP contribution in [0, 0.1) is 6.92 Å². The Labute approximate surface area is 177 Å². The van der Waals surface area contributed by atoms with Crippen molar-refractivity contribution in [3.05, 3.63) is 46.1 Å². The number of amides is 1. The van der Waals surface area contributed by atoms with Crippen LogP contribution in [0.4, 0.5) is 5.82 Å². The number of aryl methyl sites for hydroxylation is 1. The first-order chi connectivity index (χ1) is 13.9. The van der Waals surface area contributed by atoms with Crippen molar-refractivity contribution in [3.8, 4) is 0 Å². The molecule has 2 fully saturated rings. The highest BCUT2D eigenvalue weighted by Crippen LogP contribution is 2.39. The number of fused-ring (bicyclic) bond motifs is 1. The quantitative estimate of drug-likeness (QED) is 0.631. The number of hydrogen-bond donors (Lipinski definition) is 1.